The molecule has 0 atom stereocenters. The Morgan fingerprint density at radius 1 is 0.692 bits per heavy atom. The maximum atomic E-state index is 12.8. The van der Waals surface area contributed by atoms with Crippen LogP contribution in [-0.2, 0) is 0 Å². The van der Waals surface area contributed by atoms with E-state index in [0.717, 1.165) is 9.80 Å². The van der Waals surface area contributed by atoms with Crippen molar-refractivity contribution in [1.29, 1.82) is 0 Å². The third kappa shape index (κ3) is 1.88. The first kappa shape index (κ1) is 17.0. The lowest BCUT2D eigenvalue weighted by molar-refractivity contribution is 0.0597. The van der Waals surface area contributed by atoms with Crippen molar-refractivity contribution in [2.24, 2.45) is 0 Å². The molecule has 4 amide bonds. The molecule has 6 nitrogen and oxygen atoms in total. The molecule has 8 heteroatoms. The molecule has 0 saturated carbocycles. The van der Waals surface area contributed by atoms with Crippen LogP contribution in [0.4, 0.5) is 0 Å². The zero-order valence-corrected chi connectivity index (χ0v) is 15.4. The van der Waals surface area contributed by atoms with Crippen molar-refractivity contribution >= 4 is 57.6 Å². The molecule has 0 N–H and O–H groups in total. The number of halogens is 2. The Balaban J connectivity index is 2.24. The molecule has 2 aromatic carbocycles. The molecule has 2 aromatic rings. The molecule has 0 spiro atoms. The van der Waals surface area contributed by atoms with Crippen LogP contribution in [0.3, 0.4) is 0 Å². The fraction of sp³-hybridized carbons (Fsp3) is 0.222. The lowest BCUT2D eigenvalue weighted by Crippen LogP contribution is -2.43. The van der Waals surface area contributed by atoms with Gasteiger partial charge < -0.3 is 0 Å². The van der Waals surface area contributed by atoms with Gasteiger partial charge in [-0.15, -0.1) is 0 Å². The zero-order valence-electron chi connectivity index (χ0n) is 13.9. The standard InChI is InChI=1S/C18H12Cl2N2O4/c1-3-21-15(23)7-5-9(19)12-14-11(7)8(16(21)24)6-10(20)13(14)18(26)22(4-2)17(12)25/h5-6H,3-4H2,1-2H3. The van der Waals surface area contributed by atoms with Gasteiger partial charge in [0, 0.05) is 23.9 Å². The fourth-order valence-electron chi connectivity index (χ4n) is 3.65. The van der Waals surface area contributed by atoms with E-state index in [1.165, 1.54) is 12.1 Å². The average molecular weight is 391 g/mol. The van der Waals surface area contributed by atoms with Crippen molar-refractivity contribution in [3.63, 3.8) is 0 Å². The van der Waals surface area contributed by atoms with Gasteiger partial charge in [-0.05, 0) is 26.0 Å². The van der Waals surface area contributed by atoms with Crippen molar-refractivity contribution in [3.05, 3.63) is 44.4 Å². The van der Waals surface area contributed by atoms with Gasteiger partial charge in [-0.25, -0.2) is 0 Å². The van der Waals surface area contributed by atoms with Gasteiger partial charge in [0.05, 0.1) is 32.3 Å². The summed E-state index contributed by atoms with van der Waals surface area (Å²) in [6.07, 6.45) is 0. The minimum Gasteiger partial charge on any atom is -0.275 e. The number of benzene rings is 2. The van der Waals surface area contributed by atoms with Crippen molar-refractivity contribution in [3.8, 4) is 0 Å². The second-order valence-corrected chi connectivity index (χ2v) is 6.84. The highest BCUT2D eigenvalue weighted by Crippen LogP contribution is 2.43. The van der Waals surface area contributed by atoms with E-state index < -0.39 is 23.6 Å². The van der Waals surface area contributed by atoms with Crippen molar-refractivity contribution in [2.45, 2.75) is 13.8 Å². The maximum Gasteiger partial charge on any atom is 0.262 e. The van der Waals surface area contributed by atoms with Crippen LogP contribution in [0.2, 0.25) is 10.0 Å². The monoisotopic (exact) mass is 390 g/mol. The summed E-state index contributed by atoms with van der Waals surface area (Å²) in [6.45, 7) is 3.67. The summed E-state index contributed by atoms with van der Waals surface area (Å²) in [5.74, 6) is -2.14. The van der Waals surface area contributed by atoms with Crippen LogP contribution in [0.25, 0.3) is 10.8 Å². The second-order valence-electron chi connectivity index (χ2n) is 6.02. The molecule has 0 saturated heterocycles. The quantitative estimate of drug-likeness (QED) is 0.736. The van der Waals surface area contributed by atoms with Gasteiger partial charge in [0.2, 0.25) is 0 Å². The van der Waals surface area contributed by atoms with E-state index in [4.69, 9.17) is 23.2 Å². The highest BCUT2D eigenvalue weighted by Gasteiger charge is 2.41. The van der Waals surface area contributed by atoms with Gasteiger partial charge in [-0.3, -0.25) is 29.0 Å². The van der Waals surface area contributed by atoms with Crippen LogP contribution in [-0.4, -0.2) is 46.5 Å². The van der Waals surface area contributed by atoms with Crippen molar-refractivity contribution < 1.29 is 19.2 Å². The Morgan fingerprint density at radius 3 is 1.46 bits per heavy atom. The number of hydrogen-bond acceptors (Lipinski definition) is 4. The minimum atomic E-state index is -0.562. The van der Waals surface area contributed by atoms with Gasteiger partial charge in [0.1, 0.15) is 0 Å². The Kier molecular flexibility index (Phi) is 3.61. The normalized spacial score (nSPS) is 16.2. The summed E-state index contributed by atoms with van der Waals surface area (Å²) in [6, 6.07) is 2.78. The summed E-state index contributed by atoms with van der Waals surface area (Å²) in [5, 5.41) is 0.557. The molecule has 26 heavy (non-hydrogen) atoms. The van der Waals surface area contributed by atoms with Crippen LogP contribution < -0.4 is 0 Å². The molecule has 0 aliphatic carbocycles. The summed E-state index contributed by atoms with van der Waals surface area (Å²) >= 11 is 12.6. The van der Waals surface area contributed by atoms with Gasteiger partial charge in [0.25, 0.3) is 23.6 Å². The molecule has 2 aliphatic rings. The molecule has 4 rings (SSSR count). The Morgan fingerprint density at radius 2 is 1.08 bits per heavy atom. The molecule has 0 aromatic heterocycles. The van der Waals surface area contributed by atoms with E-state index >= 15 is 0 Å². The number of carbonyl (C=O) groups is 4. The van der Waals surface area contributed by atoms with Crippen LogP contribution in [0.1, 0.15) is 55.3 Å². The highest BCUT2D eigenvalue weighted by atomic mass is 35.5. The first-order valence-corrected chi connectivity index (χ1v) is 8.80. The SMILES string of the molecule is CCN1C(=O)c2cc(Cl)c3c4c(c(Cl)cc(c24)C1=O)C(=O)N(CC)C3=O. The van der Waals surface area contributed by atoms with Crippen LogP contribution in [0.5, 0.6) is 0 Å². The lowest BCUT2D eigenvalue weighted by atomic mass is 9.85. The topological polar surface area (TPSA) is 74.8 Å². The predicted octanol–water partition coefficient (Wildman–Crippen LogP) is 3.38. The van der Waals surface area contributed by atoms with Crippen molar-refractivity contribution in [1.82, 2.24) is 9.80 Å². The number of hydrogen-bond donors (Lipinski definition) is 0. The predicted molar refractivity (Wildman–Crippen MR) is 96.1 cm³/mol. The summed E-state index contributed by atoms with van der Waals surface area (Å²) in [5.41, 5.74) is 0.565. The molecule has 0 unspecified atom stereocenters. The second kappa shape index (κ2) is 5.53. The van der Waals surface area contributed by atoms with Gasteiger partial charge in [-0.1, -0.05) is 23.2 Å². The lowest BCUT2D eigenvalue weighted by Gasteiger charge is -2.32. The third-order valence-electron chi connectivity index (χ3n) is 4.81. The van der Waals surface area contributed by atoms with E-state index in [1.807, 2.05) is 0 Å². The van der Waals surface area contributed by atoms with E-state index in [0.29, 0.717) is 0 Å². The highest BCUT2D eigenvalue weighted by molar-refractivity contribution is 6.45. The molecule has 2 heterocycles. The molecule has 0 bridgehead atoms. The van der Waals surface area contributed by atoms with E-state index in [2.05, 4.69) is 0 Å². The number of carbonyl (C=O) groups excluding carboxylic acids is 4. The van der Waals surface area contributed by atoms with Crippen LogP contribution in [0, 0.1) is 0 Å². The largest absolute Gasteiger partial charge is 0.275 e. The van der Waals surface area contributed by atoms with E-state index in [9.17, 15) is 19.2 Å². The Bertz CT molecular complexity index is 1000. The molecule has 132 valence electrons. The number of imide groups is 2. The third-order valence-corrected chi connectivity index (χ3v) is 5.41. The van der Waals surface area contributed by atoms with Gasteiger partial charge in [-0.2, -0.15) is 0 Å². The Hall–Kier alpha value is -2.44. The Labute approximate surface area is 158 Å². The number of nitrogens with zero attached hydrogens (tertiary/aromatic N) is 2. The maximum absolute atomic E-state index is 12.8. The zero-order chi connectivity index (χ0) is 18.9. The van der Waals surface area contributed by atoms with E-state index in [-0.39, 0.29) is 56.2 Å². The first-order chi connectivity index (χ1) is 12.3. The minimum absolute atomic E-state index is 0.0525. The molecular weight excluding hydrogens is 379 g/mol. The summed E-state index contributed by atoms with van der Waals surface area (Å²) in [4.78, 5) is 53.2. The fourth-order valence-corrected chi connectivity index (χ4v) is 4.21. The van der Waals surface area contributed by atoms with Crippen molar-refractivity contribution in [2.75, 3.05) is 13.1 Å². The van der Waals surface area contributed by atoms with Crippen LogP contribution in [0.15, 0.2) is 12.1 Å². The number of rotatable bonds is 2. The molecule has 0 radical (unpaired) electrons. The van der Waals surface area contributed by atoms with E-state index in [1.54, 1.807) is 13.8 Å². The average Bonchev–Trinajstić information content (AvgIpc) is 2.59. The molecule has 2 aliphatic heterocycles. The van der Waals surface area contributed by atoms with Gasteiger partial charge >= 0.3 is 0 Å². The molecular formula is C18H12Cl2N2O4. The van der Waals surface area contributed by atoms with Crippen LogP contribution >= 0.6 is 23.2 Å². The number of amides is 4. The van der Waals surface area contributed by atoms with Gasteiger partial charge in [0.15, 0.2) is 0 Å². The summed E-state index contributed by atoms with van der Waals surface area (Å²) in [7, 11) is 0. The summed E-state index contributed by atoms with van der Waals surface area (Å²) < 4.78 is 0. The first-order valence-electron chi connectivity index (χ1n) is 8.04. The smallest absolute Gasteiger partial charge is 0.262 e. The molecule has 0 fully saturated rings.